The Morgan fingerprint density at radius 3 is 2.35 bits per heavy atom. The number of para-hydroxylation sites is 3. The number of nitrogens with zero attached hydrogens (tertiary/aromatic N) is 3. The first-order chi connectivity index (χ1) is 21.4. The summed E-state index contributed by atoms with van der Waals surface area (Å²) in [7, 11) is 0. The van der Waals surface area contributed by atoms with Gasteiger partial charge in [0.2, 0.25) is 0 Å². The second kappa shape index (κ2) is 7.71. The molecule has 43 heavy (non-hydrogen) atoms. The fraction of sp³-hybridized carbons (Fsp3) is 0.0263. The summed E-state index contributed by atoms with van der Waals surface area (Å²) >= 11 is 1.91. The fourth-order valence-corrected chi connectivity index (χ4v) is 9.02. The molecule has 1 unspecified atom stereocenters. The Balaban J connectivity index is 1.50. The first-order valence-electron chi connectivity index (χ1n) is 14.7. The van der Waals surface area contributed by atoms with E-state index in [2.05, 4.69) is 136 Å². The summed E-state index contributed by atoms with van der Waals surface area (Å²) in [6, 6.07) is 35.5. The Hall–Kier alpha value is -5.39. The van der Waals surface area contributed by atoms with Crippen LogP contribution < -0.4 is 5.32 Å². The van der Waals surface area contributed by atoms with Gasteiger partial charge in [0.1, 0.15) is 0 Å². The Labute approximate surface area is 249 Å². The number of benzene rings is 5. The Kier molecular flexibility index (Phi) is 3.99. The van der Waals surface area contributed by atoms with Crippen molar-refractivity contribution in [3.8, 4) is 5.69 Å². The number of rotatable bonds is 1. The minimum atomic E-state index is 0.0872. The van der Waals surface area contributed by atoms with E-state index in [1.54, 1.807) is 0 Å². The number of thiophene rings is 1. The summed E-state index contributed by atoms with van der Waals surface area (Å²) in [5.74, 6) is 0.991. The molecule has 1 aliphatic carbocycles. The van der Waals surface area contributed by atoms with Crippen molar-refractivity contribution in [1.82, 2.24) is 8.97 Å². The highest BCUT2D eigenvalue weighted by Crippen LogP contribution is 2.54. The number of nitrogens with one attached hydrogen (secondary N) is 1. The quantitative estimate of drug-likeness (QED) is 0.211. The highest BCUT2D eigenvalue weighted by Gasteiger charge is 2.32. The average molecular weight is 567 g/mol. The number of allylic oxidation sites excluding steroid dienone is 2. The lowest BCUT2D eigenvalue weighted by Gasteiger charge is -2.23. The molecule has 5 heterocycles. The minimum Gasteiger partial charge on any atom is -0.370 e. The third-order valence-corrected chi connectivity index (χ3v) is 10.6. The molecule has 4 nitrogen and oxygen atoms in total. The Bertz CT molecular complexity index is 2750. The number of anilines is 1. The van der Waals surface area contributed by atoms with E-state index in [0.29, 0.717) is 0 Å². The van der Waals surface area contributed by atoms with Crippen molar-refractivity contribution in [3.05, 3.63) is 121 Å². The molecule has 1 aliphatic heterocycles. The second-order valence-corrected chi connectivity index (χ2v) is 12.6. The van der Waals surface area contributed by atoms with Crippen LogP contribution in [0.15, 0.2) is 126 Å². The molecule has 5 aromatic carbocycles. The van der Waals surface area contributed by atoms with Crippen molar-refractivity contribution >= 4 is 97.7 Å². The summed E-state index contributed by atoms with van der Waals surface area (Å²) < 4.78 is 7.59. The highest BCUT2D eigenvalue weighted by molar-refractivity contribution is 7.27. The number of fused-ring (bicyclic) bond motifs is 16. The molecule has 4 aromatic heterocycles. The highest BCUT2D eigenvalue weighted by atomic mass is 32.1. The molecule has 0 amide bonds. The molecule has 11 rings (SSSR count). The fourth-order valence-electron chi connectivity index (χ4n) is 7.75. The summed E-state index contributed by atoms with van der Waals surface area (Å²) in [6.45, 7) is 0. The van der Waals surface area contributed by atoms with E-state index < -0.39 is 0 Å². The standard InChI is InChI=1S/C38H22N4S/c1-2-11-21(12-3-1)41-28-19-8-4-13-22(28)31-35(41)30-24-15-10-16-25-33-38(40-27-18-7-6-17-26(27)39-33)42(34(24)25)36(30)32-23-14-5-9-20-29(23)43-37(31)32/h1-20,26,39H. The van der Waals surface area contributed by atoms with Crippen LogP contribution in [-0.2, 0) is 0 Å². The molecule has 0 radical (unpaired) electrons. The largest absolute Gasteiger partial charge is 0.370 e. The molecule has 9 aromatic rings. The van der Waals surface area contributed by atoms with Crippen molar-refractivity contribution in [2.75, 3.05) is 5.32 Å². The van der Waals surface area contributed by atoms with Crippen LogP contribution in [0, 0.1) is 0 Å². The van der Waals surface area contributed by atoms with Gasteiger partial charge < -0.3 is 9.88 Å². The van der Waals surface area contributed by atoms with Gasteiger partial charge in [0.05, 0.1) is 39.5 Å². The molecule has 1 N–H and O–H groups in total. The van der Waals surface area contributed by atoms with E-state index >= 15 is 0 Å². The lowest BCUT2D eigenvalue weighted by molar-refractivity contribution is 1.11. The van der Waals surface area contributed by atoms with Crippen molar-refractivity contribution in [1.29, 1.82) is 0 Å². The molecule has 0 saturated heterocycles. The summed E-state index contributed by atoms with van der Waals surface area (Å²) in [5.41, 5.74) is 8.31. The predicted octanol–water partition coefficient (Wildman–Crippen LogP) is 10.1. The van der Waals surface area contributed by atoms with Crippen LogP contribution in [0.4, 0.5) is 11.5 Å². The monoisotopic (exact) mass is 566 g/mol. The first-order valence-corrected chi connectivity index (χ1v) is 15.5. The lowest BCUT2D eigenvalue weighted by atomic mass is 10.0. The molecule has 0 fully saturated rings. The molecule has 0 saturated carbocycles. The van der Waals surface area contributed by atoms with Crippen molar-refractivity contribution in [2.45, 2.75) is 6.04 Å². The van der Waals surface area contributed by atoms with E-state index in [-0.39, 0.29) is 6.04 Å². The zero-order valence-electron chi connectivity index (χ0n) is 22.9. The molecule has 5 heteroatoms. The van der Waals surface area contributed by atoms with Gasteiger partial charge in [0.25, 0.3) is 0 Å². The van der Waals surface area contributed by atoms with Crippen LogP contribution >= 0.6 is 11.3 Å². The van der Waals surface area contributed by atoms with Gasteiger partial charge in [-0.3, -0.25) is 4.40 Å². The van der Waals surface area contributed by atoms with E-state index in [1.165, 1.54) is 74.9 Å². The van der Waals surface area contributed by atoms with Crippen LogP contribution in [-0.4, -0.2) is 20.7 Å². The third-order valence-electron chi connectivity index (χ3n) is 9.41. The maximum Gasteiger partial charge on any atom is 0.162 e. The molecule has 0 spiro atoms. The first kappa shape index (κ1) is 22.2. The molecule has 2 aliphatic rings. The van der Waals surface area contributed by atoms with Crippen LogP contribution in [0.2, 0.25) is 0 Å². The van der Waals surface area contributed by atoms with E-state index in [4.69, 9.17) is 4.99 Å². The van der Waals surface area contributed by atoms with E-state index in [0.717, 1.165) is 17.2 Å². The molecule has 1 atom stereocenters. The maximum atomic E-state index is 5.36. The average Bonchev–Trinajstić information content (AvgIpc) is 3.79. The number of hydrogen-bond acceptors (Lipinski definition) is 3. The van der Waals surface area contributed by atoms with Crippen LogP contribution in [0.1, 0.15) is 0 Å². The van der Waals surface area contributed by atoms with Crippen LogP contribution in [0.5, 0.6) is 0 Å². The van der Waals surface area contributed by atoms with Crippen LogP contribution in [0.25, 0.3) is 74.9 Å². The van der Waals surface area contributed by atoms with Crippen molar-refractivity contribution in [3.63, 3.8) is 0 Å². The normalized spacial score (nSPS) is 16.3. The molecular formula is C38H22N4S. The minimum absolute atomic E-state index is 0.0872. The summed E-state index contributed by atoms with van der Waals surface area (Å²) in [4.78, 5) is 5.36. The van der Waals surface area contributed by atoms with Gasteiger partial charge in [-0.1, -0.05) is 91.0 Å². The Morgan fingerprint density at radius 2 is 1.42 bits per heavy atom. The van der Waals surface area contributed by atoms with Gasteiger partial charge in [-0.05, 0) is 30.3 Å². The van der Waals surface area contributed by atoms with Gasteiger partial charge >= 0.3 is 0 Å². The van der Waals surface area contributed by atoms with Crippen molar-refractivity contribution in [2.24, 2.45) is 4.99 Å². The second-order valence-electron chi connectivity index (χ2n) is 11.6. The smallest absolute Gasteiger partial charge is 0.162 e. The summed E-state index contributed by atoms with van der Waals surface area (Å²) in [5, 5.41) is 12.8. The zero-order valence-corrected chi connectivity index (χ0v) is 23.7. The number of hydrogen-bond donors (Lipinski definition) is 1. The topological polar surface area (TPSA) is 33.7 Å². The van der Waals surface area contributed by atoms with Crippen LogP contribution in [0.3, 0.4) is 0 Å². The van der Waals surface area contributed by atoms with Gasteiger partial charge in [-0.2, -0.15) is 0 Å². The third kappa shape index (κ3) is 2.61. The van der Waals surface area contributed by atoms with Gasteiger partial charge in [0.15, 0.2) is 5.82 Å². The molecule has 0 bridgehead atoms. The summed E-state index contributed by atoms with van der Waals surface area (Å²) in [6.07, 6.45) is 8.52. The van der Waals surface area contributed by atoms with Gasteiger partial charge in [0, 0.05) is 52.8 Å². The SMILES string of the molecule is C1=CC2=Nc3c(c4cccc5c6c7c(c8ccccc8n7-c7ccccc7)c7sc8ccccc8c7c6n3c45)NC2C=C1. The Morgan fingerprint density at radius 1 is 0.651 bits per heavy atom. The van der Waals surface area contributed by atoms with Crippen molar-refractivity contribution < 1.29 is 0 Å². The number of aliphatic imine (C=N–C) groups is 1. The zero-order chi connectivity index (χ0) is 27.8. The van der Waals surface area contributed by atoms with E-state index in [9.17, 15) is 0 Å². The van der Waals surface area contributed by atoms with Gasteiger partial charge in [-0.25, -0.2) is 4.99 Å². The lowest BCUT2D eigenvalue weighted by Crippen LogP contribution is -2.29. The van der Waals surface area contributed by atoms with E-state index in [1.807, 2.05) is 11.3 Å². The molecule has 200 valence electrons. The number of aromatic nitrogens is 2. The van der Waals surface area contributed by atoms with Gasteiger partial charge in [-0.15, -0.1) is 11.3 Å². The predicted molar refractivity (Wildman–Crippen MR) is 184 cm³/mol. The maximum absolute atomic E-state index is 5.36. The molecular weight excluding hydrogens is 545 g/mol.